The van der Waals surface area contributed by atoms with Crippen molar-refractivity contribution in [3.05, 3.63) is 35.9 Å². The zero-order chi connectivity index (χ0) is 21.5. The summed E-state index contributed by atoms with van der Waals surface area (Å²) in [6, 6.07) is 11.5. The van der Waals surface area contributed by atoms with E-state index in [0.717, 1.165) is 32.2 Å². The van der Waals surface area contributed by atoms with Crippen LogP contribution in [0.1, 0.15) is 59.9 Å². The number of benzene rings is 1. The number of hydrogen-bond acceptors (Lipinski definition) is 4. The lowest BCUT2D eigenvalue weighted by Crippen LogP contribution is -2.29. The Morgan fingerprint density at radius 3 is 1.93 bits per heavy atom. The van der Waals surface area contributed by atoms with Crippen molar-refractivity contribution >= 4 is 0 Å². The largest absolute Gasteiger partial charge is 0.396 e. The van der Waals surface area contributed by atoms with Gasteiger partial charge in [0.2, 0.25) is 0 Å². The van der Waals surface area contributed by atoms with Crippen molar-refractivity contribution < 1.29 is 9.84 Å². The summed E-state index contributed by atoms with van der Waals surface area (Å²) in [6.45, 7) is 17.5. The maximum Gasteiger partial charge on any atom is 0.0717 e. The van der Waals surface area contributed by atoms with Crippen molar-refractivity contribution in [2.24, 2.45) is 22.7 Å². The Labute approximate surface area is 178 Å². The molecule has 3 N–H and O–H groups in total. The van der Waals surface area contributed by atoms with Gasteiger partial charge in [0.25, 0.3) is 0 Å². The highest BCUT2D eigenvalue weighted by atomic mass is 16.5. The van der Waals surface area contributed by atoms with E-state index in [9.17, 15) is 0 Å². The molecule has 29 heavy (non-hydrogen) atoms. The summed E-state index contributed by atoms with van der Waals surface area (Å²) < 4.78 is 5.82. The zero-order valence-electron chi connectivity index (χ0n) is 19.5. The van der Waals surface area contributed by atoms with Crippen LogP contribution in [0.15, 0.2) is 30.3 Å². The van der Waals surface area contributed by atoms with E-state index in [1.807, 2.05) is 6.07 Å². The average Bonchev–Trinajstić information content (AvgIpc) is 3.55. The maximum atomic E-state index is 8.88. The molecule has 166 valence electrons. The second-order valence-electron chi connectivity index (χ2n) is 10.4. The van der Waals surface area contributed by atoms with Crippen LogP contribution in [0.4, 0.5) is 0 Å². The Morgan fingerprint density at radius 1 is 0.931 bits per heavy atom. The number of aliphatic hydroxyl groups excluding tert-OH is 1. The van der Waals surface area contributed by atoms with Gasteiger partial charge in [-0.05, 0) is 41.1 Å². The van der Waals surface area contributed by atoms with E-state index in [0.29, 0.717) is 35.4 Å². The molecule has 0 amide bonds. The molecule has 0 spiro atoms. The molecule has 0 unspecified atom stereocenters. The van der Waals surface area contributed by atoms with Crippen LogP contribution in [0.3, 0.4) is 0 Å². The first-order chi connectivity index (χ1) is 13.7. The van der Waals surface area contributed by atoms with Gasteiger partial charge in [-0.2, -0.15) is 0 Å². The lowest BCUT2D eigenvalue weighted by molar-refractivity contribution is 0.102. The maximum absolute atomic E-state index is 8.88. The summed E-state index contributed by atoms with van der Waals surface area (Å²) in [5.41, 5.74) is 2.11. The molecule has 0 radical (unpaired) electrons. The monoisotopic (exact) mass is 404 g/mol. The zero-order valence-corrected chi connectivity index (χ0v) is 19.5. The number of ether oxygens (including phenoxy) is 1. The van der Waals surface area contributed by atoms with E-state index >= 15 is 0 Å². The smallest absolute Gasteiger partial charge is 0.0717 e. The number of aliphatic hydroxyl groups is 1. The molecule has 0 aromatic heterocycles. The van der Waals surface area contributed by atoms with E-state index in [4.69, 9.17) is 9.84 Å². The van der Waals surface area contributed by atoms with Crippen LogP contribution in [0.25, 0.3) is 0 Å². The van der Waals surface area contributed by atoms with Crippen LogP contribution in [-0.4, -0.2) is 43.5 Å². The molecule has 2 fully saturated rings. The summed E-state index contributed by atoms with van der Waals surface area (Å²) in [4.78, 5) is 0. The van der Waals surface area contributed by atoms with Crippen LogP contribution in [0, 0.1) is 22.7 Å². The van der Waals surface area contributed by atoms with Gasteiger partial charge in [-0.25, -0.2) is 0 Å². The molecule has 0 heterocycles. The Bertz CT molecular complexity index is 592. The molecule has 4 heteroatoms. The quantitative estimate of drug-likeness (QED) is 0.517. The lowest BCUT2D eigenvalue weighted by Gasteiger charge is -2.15. The van der Waals surface area contributed by atoms with Gasteiger partial charge >= 0.3 is 0 Å². The third kappa shape index (κ3) is 8.37. The molecule has 2 aliphatic carbocycles. The van der Waals surface area contributed by atoms with E-state index in [1.54, 1.807) is 0 Å². The molecule has 0 bridgehead atoms. The van der Waals surface area contributed by atoms with E-state index in [1.165, 1.54) is 18.4 Å². The minimum absolute atomic E-state index is 0.357. The Balaban J connectivity index is 0.000000234. The molecule has 3 rings (SSSR count). The molecule has 1 aromatic rings. The van der Waals surface area contributed by atoms with Crippen LogP contribution in [0.5, 0.6) is 0 Å². The van der Waals surface area contributed by atoms with Gasteiger partial charge in [0.15, 0.2) is 0 Å². The first-order valence-electron chi connectivity index (χ1n) is 11.4. The summed E-state index contributed by atoms with van der Waals surface area (Å²) in [5.74, 6) is 1.28. The molecule has 1 aromatic carbocycles. The molecular weight excluding hydrogens is 360 g/mol. The summed E-state index contributed by atoms with van der Waals surface area (Å²) >= 11 is 0. The fourth-order valence-electron chi connectivity index (χ4n) is 3.75. The fourth-order valence-corrected chi connectivity index (χ4v) is 3.75. The molecular formula is C25H44N2O2. The highest BCUT2D eigenvalue weighted by Gasteiger charge is 2.49. The second-order valence-corrected chi connectivity index (χ2v) is 10.4. The summed E-state index contributed by atoms with van der Waals surface area (Å²) in [6.07, 6.45) is 2.48. The van der Waals surface area contributed by atoms with Gasteiger partial charge in [0.1, 0.15) is 0 Å². The fraction of sp³-hybridized carbons (Fsp3) is 0.760. The van der Waals surface area contributed by atoms with Crippen molar-refractivity contribution in [2.75, 3.05) is 26.3 Å². The van der Waals surface area contributed by atoms with Gasteiger partial charge in [-0.1, -0.05) is 71.9 Å². The SMILES string of the molecule is CC(C)NC[C@]1(C)C[C@@H]1CO.CC(C)NC[C@]1(C)C[C@@H]1COCc1ccccc1. The van der Waals surface area contributed by atoms with Gasteiger partial charge < -0.3 is 20.5 Å². The van der Waals surface area contributed by atoms with Crippen molar-refractivity contribution in [1.82, 2.24) is 10.6 Å². The van der Waals surface area contributed by atoms with Crippen molar-refractivity contribution in [3.63, 3.8) is 0 Å². The van der Waals surface area contributed by atoms with Gasteiger partial charge in [-0.15, -0.1) is 0 Å². The third-order valence-electron chi connectivity index (χ3n) is 6.56. The molecule has 4 nitrogen and oxygen atoms in total. The van der Waals surface area contributed by atoms with Crippen LogP contribution < -0.4 is 10.6 Å². The topological polar surface area (TPSA) is 53.5 Å². The predicted molar refractivity (Wildman–Crippen MR) is 122 cm³/mol. The minimum Gasteiger partial charge on any atom is -0.396 e. The average molecular weight is 405 g/mol. The Kier molecular flexibility index (Phi) is 9.15. The van der Waals surface area contributed by atoms with Crippen LogP contribution in [-0.2, 0) is 11.3 Å². The first kappa shape index (κ1) is 24.3. The highest BCUT2D eigenvalue weighted by molar-refractivity contribution is 5.13. The number of rotatable bonds is 11. The van der Waals surface area contributed by atoms with Gasteiger partial charge in [-0.3, -0.25) is 0 Å². The number of hydrogen-bond donors (Lipinski definition) is 3. The van der Waals surface area contributed by atoms with Crippen LogP contribution in [0.2, 0.25) is 0 Å². The van der Waals surface area contributed by atoms with E-state index < -0.39 is 0 Å². The molecule has 4 atom stereocenters. The molecule has 2 saturated carbocycles. The normalized spacial score (nSPS) is 30.2. The van der Waals surface area contributed by atoms with Crippen molar-refractivity contribution in [2.45, 2.75) is 73.1 Å². The van der Waals surface area contributed by atoms with Gasteiger partial charge in [0.05, 0.1) is 13.2 Å². The van der Waals surface area contributed by atoms with E-state index in [-0.39, 0.29) is 0 Å². The lowest BCUT2D eigenvalue weighted by atomic mass is 10.1. The van der Waals surface area contributed by atoms with Gasteiger partial charge in [0, 0.05) is 31.8 Å². The molecule has 0 aliphatic heterocycles. The van der Waals surface area contributed by atoms with Crippen LogP contribution >= 0.6 is 0 Å². The first-order valence-corrected chi connectivity index (χ1v) is 11.4. The van der Waals surface area contributed by atoms with E-state index in [2.05, 4.69) is 76.4 Å². The summed E-state index contributed by atoms with van der Waals surface area (Å²) in [5, 5.41) is 15.8. The third-order valence-corrected chi connectivity index (χ3v) is 6.56. The molecule has 0 saturated heterocycles. The second kappa shape index (κ2) is 10.9. The highest BCUT2D eigenvalue weighted by Crippen LogP contribution is 2.52. The minimum atomic E-state index is 0.357. The standard InChI is InChI=1S/C16H25NO.C9H19NO/c1-13(2)17-12-16(3)9-15(16)11-18-10-14-7-5-4-6-8-14;1-7(2)10-6-9(3)4-8(9)5-11/h4-8,13,15,17H,9-12H2,1-3H3;7-8,10-11H,4-6H2,1-3H3/t15-,16+;8-,9+/m11/s1. The Hall–Kier alpha value is -0.940. The Morgan fingerprint density at radius 2 is 1.45 bits per heavy atom. The number of nitrogens with one attached hydrogen (secondary N) is 2. The van der Waals surface area contributed by atoms with Crippen molar-refractivity contribution in [3.8, 4) is 0 Å². The van der Waals surface area contributed by atoms with Crippen molar-refractivity contribution in [1.29, 1.82) is 0 Å². The predicted octanol–water partition coefficient (Wildman–Crippen LogP) is 4.23. The summed E-state index contributed by atoms with van der Waals surface area (Å²) in [7, 11) is 0. The molecule has 2 aliphatic rings.